The minimum Gasteiger partial charge on any atom is -0.379 e. The number of unbranched alkanes of at least 4 members (excludes halogenated alkanes) is 18. The first-order chi connectivity index (χ1) is 16.7. The average Bonchev–Trinajstić information content (AvgIpc) is 2.85. The molecule has 204 valence electrons. The van der Waals surface area contributed by atoms with Gasteiger partial charge in [0.15, 0.2) is 0 Å². The van der Waals surface area contributed by atoms with Crippen LogP contribution in [-0.2, 0) is 14.3 Å². The molecule has 0 aliphatic rings. The zero-order valence-corrected chi connectivity index (χ0v) is 23.5. The maximum absolute atomic E-state index is 11.6. The van der Waals surface area contributed by atoms with E-state index >= 15 is 0 Å². The molecule has 1 amide bonds. The molecule has 0 aromatic rings. The molecule has 0 saturated carbocycles. The Morgan fingerprint density at radius 1 is 0.588 bits per heavy atom. The number of carbonyl (C=O) groups excluding carboxylic acids is 1. The molecule has 4 nitrogen and oxygen atoms in total. The normalized spacial score (nSPS) is 12.2. The van der Waals surface area contributed by atoms with Gasteiger partial charge in [0.05, 0.1) is 12.7 Å². The van der Waals surface area contributed by atoms with Crippen LogP contribution in [0.5, 0.6) is 0 Å². The highest BCUT2D eigenvalue weighted by Gasteiger charge is 2.11. The Morgan fingerprint density at radius 2 is 1.00 bits per heavy atom. The predicted molar refractivity (Wildman–Crippen MR) is 148 cm³/mol. The summed E-state index contributed by atoms with van der Waals surface area (Å²) in [4.78, 5) is 11.6. The number of rotatable bonds is 28. The van der Waals surface area contributed by atoms with Crippen molar-refractivity contribution in [2.45, 2.75) is 162 Å². The molecule has 0 rings (SSSR count). The number of amides is 1. The summed E-state index contributed by atoms with van der Waals surface area (Å²) in [7, 11) is 0. The van der Waals surface area contributed by atoms with Gasteiger partial charge in [-0.2, -0.15) is 0 Å². The number of carbonyl (C=O) groups is 1. The summed E-state index contributed by atoms with van der Waals surface area (Å²) in [5.74, 6) is 0.0854. The van der Waals surface area contributed by atoms with Crippen LogP contribution in [0.15, 0.2) is 0 Å². The van der Waals surface area contributed by atoms with E-state index in [1.54, 1.807) is 0 Å². The van der Waals surface area contributed by atoms with Crippen molar-refractivity contribution in [3.8, 4) is 0 Å². The Kier molecular flexibility index (Phi) is 28.1. The van der Waals surface area contributed by atoms with Crippen molar-refractivity contribution in [3.63, 3.8) is 0 Å². The summed E-state index contributed by atoms with van der Waals surface area (Å²) in [6.45, 7) is 9.14. The SMILES string of the molecule is CCCCCCCCCCCCOCC(CNC(=O)CC)OCCCCCCCCCCCC. The number of ether oxygens (including phenoxy) is 2. The summed E-state index contributed by atoms with van der Waals surface area (Å²) in [5, 5.41) is 2.97. The minimum absolute atomic E-state index is 0.0304. The predicted octanol–water partition coefficient (Wildman–Crippen LogP) is 8.76. The van der Waals surface area contributed by atoms with E-state index in [-0.39, 0.29) is 12.0 Å². The molecule has 4 heteroatoms. The average molecular weight is 484 g/mol. The van der Waals surface area contributed by atoms with Crippen molar-refractivity contribution in [3.05, 3.63) is 0 Å². The van der Waals surface area contributed by atoms with E-state index in [1.165, 1.54) is 116 Å². The fraction of sp³-hybridized carbons (Fsp3) is 0.967. The molecule has 0 aliphatic heterocycles. The van der Waals surface area contributed by atoms with E-state index in [1.807, 2.05) is 6.92 Å². The second-order valence-electron chi connectivity index (χ2n) is 10.1. The van der Waals surface area contributed by atoms with Gasteiger partial charge >= 0.3 is 0 Å². The Balaban J connectivity index is 3.71. The molecule has 0 radical (unpaired) electrons. The molecule has 0 bridgehead atoms. The zero-order chi connectivity index (χ0) is 25.0. The maximum Gasteiger partial charge on any atom is 0.219 e. The van der Waals surface area contributed by atoms with Crippen molar-refractivity contribution in [2.75, 3.05) is 26.4 Å². The fourth-order valence-electron chi connectivity index (χ4n) is 4.26. The van der Waals surface area contributed by atoms with Gasteiger partial charge in [-0.15, -0.1) is 0 Å². The molecular formula is C30H61NO3. The van der Waals surface area contributed by atoms with Crippen molar-refractivity contribution in [2.24, 2.45) is 0 Å². The zero-order valence-electron chi connectivity index (χ0n) is 23.5. The smallest absolute Gasteiger partial charge is 0.219 e. The molecule has 0 spiro atoms. The van der Waals surface area contributed by atoms with Crippen LogP contribution in [-0.4, -0.2) is 38.4 Å². The highest BCUT2D eigenvalue weighted by Crippen LogP contribution is 2.12. The standard InChI is InChI=1S/C30H61NO3/c1-4-7-9-11-13-15-17-19-21-23-25-33-28-29(27-31-30(32)6-3)34-26-24-22-20-18-16-14-12-10-8-5-2/h29H,4-28H2,1-3H3,(H,31,32). The van der Waals surface area contributed by atoms with Crippen molar-refractivity contribution in [1.29, 1.82) is 0 Å². The molecule has 0 aromatic heterocycles. The second kappa shape index (κ2) is 28.6. The van der Waals surface area contributed by atoms with Crippen LogP contribution in [0.25, 0.3) is 0 Å². The molecule has 0 fully saturated rings. The highest BCUT2D eigenvalue weighted by atomic mass is 16.5. The van der Waals surface area contributed by atoms with Gasteiger partial charge in [-0.3, -0.25) is 4.79 Å². The monoisotopic (exact) mass is 483 g/mol. The van der Waals surface area contributed by atoms with Crippen molar-refractivity contribution >= 4 is 5.91 Å². The Labute approximate surface area is 213 Å². The van der Waals surface area contributed by atoms with Gasteiger partial charge in [0.25, 0.3) is 0 Å². The fourth-order valence-corrected chi connectivity index (χ4v) is 4.26. The molecule has 1 N–H and O–H groups in total. The third-order valence-corrected chi connectivity index (χ3v) is 6.65. The second-order valence-corrected chi connectivity index (χ2v) is 10.1. The molecule has 1 unspecified atom stereocenters. The molecule has 0 aliphatic carbocycles. The summed E-state index contributed by atoms with van der Waals surface area (Å²) < 4.78 is 12.0. The highest BCUT2D eigenvalue weighted by molar-refractivity contribution is 5.75. The lowest BCUT2D eigenvalue weighted by Gasteiger charge is -2.19. The molecule has 0 aromatic carbocycles. The quantitative estimate of drug-likeness (QED) is 0.113. The molecule has 0 saturated heterocycles. The van der Waals surface area contributed by atoms with Crippen LogP contribution in [0.1, 0.15) is 156 Å². The lowest BCUT2D eigenvalue weighted by atomic mass is 10.1. The van der Waals surface area contributed by atoms with Crippen LogP contribution in [0, 0.1) is 0 Å². The van der Waals surface area contributed by atoms with Crippen molar-refractivity contribution < 1.29 is 14.3 Å². The van der Waals surface area contributed by atoms with E-state index in [0.29, 0.717) is 19.6 Å². The Bertz CT molecular complexity index is 403. The molecular weight excluding hydrogens is 422 g/mol. The maximum atomic E-state index is 11.6. The van der Waals surface area contributed by atoms with Crippen LogP contribution in [0.2, 0.25) is 0 Å². The first kappa shape index (κ1) is 33.4. The minimum atomic E-state index is -0.0304. The number of hydrogen-bond donors (Lipinski definition) is 1. The van der Waals surface area contributed by atoms with Gasteiger partial charge in [-0.25, -0.2) is 0 Å². The summed E-state index contributed by atoms with van der Waals surface area (Å²) >= 11 is 0. The first-order valence-corrected chi connectivity index (χ1v) is 15.2. The van der Waals surface area contributed by atoms with Crippen LogP contribution in [0.4, 0.5) is 0 Å². The summed E-state index contributed by atoms with van der Waals surface area (Å²) in [6.07, 6.45) is 27.2. The Hall–Kier alpha value is -0.610. The van der Waals surface area contributed by atoms with Crippen LogP contribution >= 0.6 is 0 Å². The summed E-state index contributed by atoms with van der Waals surface area (Å²) in [6, 6.07) is 0. The van der Waals surface area contributed by atoms with Crippen LogP contribution < -0.4 is 5.32 Å². The van der Waals surface area contributed by atoms with E-state index in [4.69, 9.17) is 9.47 Å². The van der Waals surface area contributed by atoms with Crippen molar-refractivity contribution in [1.82, 2.24) is 5.32 Å². The lowest BCUT2D eigenvalue weighted by Crippen LogP contribution is -2.36. The molecule has 34 heavy (non-hydrogen) atoms. The molecule has 1 atom stereocenters. The number of hydrogen-bond acceptors (Lipinski definition) is 3. The molecule has 0 heterocycles. The van der Waals surface area contributed by atoms with Gasteiger partial charge in [-0.1, -0.05) is 136 Å². The summed E-state index contributed by atoms with van der Waals surface area (Å²) in [5.41, 5.74) is 0. The van der Waals surface area contributed by atoms with E-state index in [0.717, 1.165) is 26.1 Å². The third kappa shape index (κ3) is 26.0. The van der Waals surface area contributed by atoms with E-state index < -0.39 is 0 Å². The first-order valence-electron chi connectivity index (χ1n) is 15.2. The topological polar surface area (TPSA) is 47.6 Å². The third-order valence-electron chi connectivity index (χ3n) is 6.65. The Morgan fingerprint density at radius 3 is 1.44 bits per heavy atom. The largest absolute Gasteiger partial charge is 0.379 e. The van der Waals surface area contributed by atoms with Gasteiger partial charge in [0.1, 0.15) is 0 Å². The van der Waals surface area contributed by atoms with E-state index in [2.05, 4.69) is 19.2 Å². The van der Waals surface area contributed by atoms with E-state index in [9.17, 15) is 4.79 Å². The van der Waals surface area contributed by atoms with Gasteiger partial charge in [0, 0.05) is 26.2 Å². The van der Waals surface area contributed by atoms with Gasteiger partial charge in [-0.05, 0) is 12.8 Å². The van der Waals surface area contributed by atoms with Gasteiger partial charge in [0.2, 0.25) is 5.91 Å². The van der Waals surface area contributed by atoms with Crippen LogP contribution in [0.3, 0.4) is 0 Å². The number of nitrogens with one attached hydrogen (secondary N) is 1. The van der Waals surface area contributed by atoms with Gasteiger partial charge < -0.3 is 14.8 Å². The lowest BCUT2D eigenvalue weighted by molar-refractivity contribution is -0.121.